The van der Waals surface area contributed by atoms with Crippen LogP contribution in [0.5, 0.6) is 11.5 Å². The summed E-state index contributed by atoms with van der Waals surface area (Å²) < 4.78 is 42.4. The van der Waals surface area contributed by atoms with E-state index in [0.29, 0.717) is 23.6 Å². The van der Waals surface area contributed by atoms with Crippen molar-refractivity contribution in [1.82, 2.24) is 24.2 Å². The van der Waals surface area contributed by atoms with Gasteiger partial charge in [0.2, 0.25) is 12.5 Å². The monoisotopic (exact) mass is 769 g/mol. The molecule has 0 spiro atoms. The summed E-state index contributed by atoms with van der Waals surface area (Å²) in [5, 5.41) is 0. The normalized spacial score (nSPS) is 17.9. The van der Waals surface area contributed by atoms with Gasteiger partial charge in [-0.25, -0.2) is 16.2 Å². The summed E-state index contributed by atoms with van der Waals surface area (Å²) in [6.45, 7) is 16.2. The van der Waals surface area contributed by atoms with Crippen molar-refractivity contribution in [3.8, 4) is 11.5 Å². The number of anilines is 1. The second kappa shape index (κ2) is 17.7. The van der Waals surface area contributed by atoms with Crippen LogP contribution in [0.2, 0.25) is 0 Å². The number of nitrogens with two attached hydrogens (primary N) is 1. The first-order chi connectivity index (χ1) is 26.6. The predicted octanol–water partition coefficient (Wildman–Crippen LogP) is 6.68. The average Bonchev–Trinajstić information content (AvgIpc) is 3.79. The number of nitrogens with one attached hydrogen (secondary N) is 1. The van der Waals surface area contributed by atoms with E-state index in [1.54, 1.807) is 18.8 Å². The lowest BCUT2D eigenvalue weighted by molar-refractivity contribution is -0.0911. The smallest absolute Gasteiger partial charge is 0.280 e. The molecule has 1 saturated heterocycles. The molecule has 2 unspecified atom stereocenters. The molecule has 5 aromatic rings. The Balaban J connectivity index is 1.44. The molecule has 1 aliphatic rings. The fourth-order valence-corrected chi connectivity index (χ4v) is 8.72. The average molecular weight is 770 g/mol. The van der Waals surface area contributed by atoms with Crippen molar-refractivity contribution in [3.63, 3.8) is 0 Å². The third-order valence-electron chi connectivity index (χ3n) is 9.46. The lowest BCUT2D eigenvalue weighted by atomic mass is 9.80. The van der Waals surface area contributed by atoms with Crippen LogP contribution < -0.4 is 20.8 Å². The van der Waals surface area contributed by atoms with Gasteiger partial charge in [-0.2, -0.15) is 4.98 Å². The van der Waals surface area contributed by atoms with Crippen LogP contribution >= 0.6 is 8.53 Å². The number of hydrogen-bond donors (Lipinski definition) is 2. The number of imidazole rings is 1. The van der Waals surface area contributed by atoms with Gasteiger partial charge in [0.15, 0.2) is 11.2 Å². The van der Waals surface area contributed by atoms with Gasteiger partial charge < -0.3 is 38.6 Å². The first-order valence-electron chi connectivity index (χ1n) is 18.2. The van der Waals surface area contributed by atoms with E-state index < -0.39 is 38.1 Å². The molecule has 55 heavy (non-hydrogen) atoms. The van der Waals surface area contributed by atoms with Crippen LogP contribution in [-0.4, -0.2) is 82.5 Å². The Morgan fingerprint density at radius 2 is 1.58 bits per heavy atom. The molecule has 0 bridgehead atoms. The largest absolute Gasteiger partial charge is 0.497 e. The van der Waals surface area contributed by atoms with Gasteiger partial charge >= 0.3 is 0 Å². The number of fused-ring (bicyclic) bond motifs is 1. The predicted molar refractivity (Wildman–Crippen MR) is 211 cm³/mol. The Kier molecular flexibility index (Phi) is 12.8. The number of nitrogens with zero attached hydrogens (tertiary/aromatic N) is 5. The number of hydrogen-bond acceptors (Lipinski definition) is 11. The van der Waals surface area contributed by atoms with Gasteiger partial charge in [-0.05, 0) is 68.7 Å². The summed E-state index contributed by atoms with van der Waals surface area (Å²) in [5.41, 5.74) is 7.48. The molecule has 0 radical (unpaired) electrons. The second-order valence-corrected chi connectivity index (χ2v) is 15.0. The quantitative estimate of drug-likeness (QED) is 0.0451. The molecular weight excluding hydrogens is 721 g/mol. The molecule has 14 nitrogen and oxygen atoms in total. The van der Waals surface area contributed by atoms with Gasteiger partial charge in [0, 0.05) is 18.5 Å². The van der Waals surface area contributed by atoms with Crippen LogP contribution in [0.15, 0.2) is 90.0 Å². The molecule has 3 N–H and O–H groups in total. The maximum atomic E-state index is 12.7. The minimum absolute atomic E-state index is 0.0298. The molecule has 6 rings (SSSR count). The van der Waals surface area contributed by atoms with Crippen molar-refractivity contribution in [2.45, 2.75) is 70.2 Å². The number of nitrogen functional groups attached to an aromatic ring is 1. The summed E-state index contributed by atoms with van der Waals surface area (Å²) >= 11 is 0. The van der Waals surface area contributed by atoms with Crippen molar-refractivity contribution in [2.75, 3.05) is 39.7 Å². The number of aromatic amines is 1. The Bertz CT molecular complexity index is 2050. The van der Waals surface area contributed by atoms with Gasteiger partial charge in [-0.3, -0.25) is 14.3 Å². The summed E-state index contributed by atoms with van der Waals surface area (Å²) in [6, 6.07) is 25.9. The van der Waals surface area contributed by atoms with Crippen molar-refractivity contribution in [3.05, 3.63) is 124 Å². The highest BCUT2D eigenvalue weighted by Gasteiger charge is 2.45. The Hall–Kier alpha value is -4.87. The van der Waals surface area contributed by atoms with Gasteiger partial charge in [-0.15, -0.1) is 0 Å². The zero-order chi connectivity index (χ0) is 39.1. The molecule has 15 heteroatoms. The zero-order valence-corrected chi connectivity index (χ0v) is 32.8. The summed E-state index contributed by atoms with van der Waals surface area (Å²) in [4.78, 5) is 27.5. The van der Waals surface area contributed by atoms with Crippen LogP contribution in [0.25, 0.3) is 16.0 Å². The highest BCUT2D eigenvalue weighted by atomic mass is 31.2. The fourth-order valence-electron chi connectivity index (χ4n) is 6.97. The molecule has 0 amide bonds. The third kappa shape index (κ3) is 8.53. The van der Waals surface area contributed by atoms with Crippen LogP contribution in [0, 0.1) is 6.57 Å². The van der Waals surface area contributed by atoms with E-state index in [0.717, 1.165) is 16.7 Å². The highest BCUT2D eigenvalue weighted by Crippen LogP contribution is 2.51. The summed E-state index contributed by atoms with van der Waals surface area (Å²) in [6.07, 6.45) is 0.0473. The standard InChI is InChI=1S/C40H48N7O7P/c1-26(2)47(27(3)4)55(52-22-21-42-5)54-33-23-35(46-25-43-36-37(46)44-39(41)45-38(36)48)53-34(33)24-51-40(28-11-9-8-10-12-28,29-13-17-31(49-6)18-14-29)30-15-19-32(50-7)20-16-30/h8-20,25-27,33-35H,21-24H2,1-4,6-7H3,(H3,41,44,45,48)/t33?,34-,35-,55?/m1/s1. The molecule has 4 atom stereocenters. The van der Waals surface area contributed by atoms with Crippen LogP contribution in [0.3, 0.4) is 0 Å². The highest BCUT2D eigenvalue weighted by molar-refractivity contribution is 7.44. The van der Waals surface area contributed by atoms with Crippen LogP contribution in [0.1, 0.15) is 57.0 Å². The van der Waals surface area contributed by atoms with Crippen LogP contribution in [0.4, 0.5) is 5.95 Å². The van der Waals surface area contributed by atoms with Crippen LogP contribution in [-0.2, 0) is 24.1 Å². The number of ether oxygens (including phenoxy) is 4. The Morgan fingerprint density at radius 3 is 2.15 bits per heavy atom. The maximum absolute atomic E-state index is 12.7. The number of rotatable bonds is 17. The van der Waals surface area contributed by atoms with Crippen molar-refractivity contribution in [2.24, 2.45) is 0 Å². The molecule has 3 aromatic carbocycles. The molecule has 1 aliphatic heterocycles. The lowest BCUT2D eigenvalue weighted by Gasteiger charge is -2.39. The minimum atomic E-state index is -1.64. The molecule has 0 aliphatic carbocycles. The maximum Gasteiger partial charge on any atom is 0.280 e. The van der Waals surface area contributed by atoms with E-state index in [-0.39, 0.29) is 43.3 Å². The first kappa shape index (κ1) is 39.8. The molecule has 3 heterocycles. The van der Waals surface area contributed by atoms with Gasteiger partial charge in [0.25, 0.3) is 14.1 Å². The van der Waals surface area contributed by atoms with Crippen molar-refractivity contribution >= 4 is 25.6 Å². The molecule has 1 fully saturated rings. The summed E-state index contributed by atoms with van der Waals surface area (Å²) in [7, 11) is 1.63. The Morgan fingerprint density at radius 1 is 0.982 bits per heavy atom. The van der Waals surface area contributed by atoms with E-state index in [1.165, 1.54) is 6.33 Å². The molecule has 290 valence electrons. The number of benzene rings is 3. The second-order valence-electron chi connectivity index (χ2n) is 13.6. The molecule has 0 saturated carbocycles. The van der Waals surface area contributed by atoms with E-state index in [4.69, 9.17) is 40.3 Å². The van der Waals surface area contributed by atoms with Gasteiger partial charge in [-0.1, -0.05) is 54.6 Å². The van der Waals surface area contributed by atoms with E-state index in [9.17, 15) is 4.79 Å². The van der Waals surface area contributed by atoms with Crippen molar-refractivity contribution < 1.29 is 28.0 Å². The summed E-state index contributed by atoms with van der Waals surface area (Å²) in [5.74, 6) is 1.39. The SMILES string of the molecule is [C-]#[N+]CCOP(OC1C[C@H](n2cnc3c(=O)[nH]c(N)nc32)O[C@@H]1COC(c1ccccc1)(c1ccc(OC)cc1)c1ccc(OC)cc1)N(C(C)C)C(C)C. The topological polar surface area (TPSA) is 153 Å². The van der Waals surface area contributed by atoms with Gasteiger partial charge in [0.05, 0.1) is 33.3 Å². The number of aromatic nitrogens is 4. The van der Waals surface area contributed by atoms with E-state index in [2.05, 4.69) is 52.2 Å². The number of H-pyrrole nitrogens is 1. The lowest BCUT2D eigenvalue weighted by Crippen LogP contribution is -2.39. The third-order valence-corrected chi connectivity index (χ3v) is 11.6. The van der Waals surface area contributed by atoms with Crippen molar-refractivity contribution in [1.29, 1.82) is 0 Å². The Labute approximate surface area is 322 Å². The minimum Gasteiger partial charge on any atom is -0.497 e. The van der Waals surface area contributed by atoms with E-state index in [1.807, 2.05) is 78.9 Å². The van der Waals surface area contributed by atoms with E-state index >= 15 is 0 Å². The fraction of sp³-hybridized carbons (Fsp3) is 0.400. The molecular formula is C40H48N7O7P. The number of methoxy groups -OCH3 is 2. The first-order valence-corrected chi connectivity index (χ1v) is 19.3. The molecule has 2 aromatic heterocycles. The zero-order valence-electron chi connectivity index (χ0n) is 31.9. The van der Waals surface area contributed by atoms with Gasteiger partial charge in [0.1, 0.15) is 36.0 Å².